The van der Waals surface area contributed by atoms with Crippen LogP contribution in [0.15, 0.2) is 48.5 Å². The number of ether oxygens (including phenoxy) is 3. The molecule has 0 unspecified atom stereocenters. The number of carbonyl (C=O) groups is 3. The van der Waals surface area contributed by atoms with Gasteiger partial charge in [-0.15, -0.1) is 0 Å². The molecule has 2 N–H and O–H groups in total. The zero-order valence-corrected chi connectivity index (χ0v) is 22.5. The van der Waals surface area contributed by atoms with Crippen molar-refractivity contribution in [2.45, 2.75) is 59.5 Å². The molecule has 0 radical (unpaired) electrons. The van der Waals surface area contributed by atoms with Crippen LogP contribution in [0.3, 0.4) is 0 Å². The van der Waals surface area contributed by atoms with E-state index in [1.54, 1.807) is 52.0 Å². The van der Waals surface area contributed by atoms with Crippen molar-refractivity contribution in [1.29, 1.82) is 0 Å². The number of carbonyl (C=O) groups excluding carboxylic acids is 3. The Kier molecular flexibility index (Phi) is 8.55. The molecule has 1 aromatic heterocycles. The highest BCUT2D eigenvalue weighted by Crippen LogP contribution is 2.30. The third-order valence-corrected chi connectivity index (χ3v) is 5.72. The van der Waals surface area contributed by atoms with Crippen molar-refractivity contribution in [2.24, 2.45) is 0 Å². The number of fused-ring (bicyclic) bond motifs is 1. The monoisotopic (exact) mass is 532 g/mol. The molecule has 0 spiro atoms. The zero-order valence-electron chi connectivity index (χ0n) is 22.5. The van der Waals surface area contributed by atoms with Gasteiger partial charge in [0, 0.05) is 23.4 Å². The minimum atomic E-state index is -0.594. The fourth-order valence-electron chi connectivity index (χ4n) is 4.05. The van der Waals surface area contributed by atoms with E-state index in [1.807, 2.05) is 24.3 Å². The number of nitrogens with one attached hydrogen (secondary N) is 2. The molecule has 1 aliphatic rings. The van der Waals surface area contributed by atoms with Crippen LogP contribution in [0.2, 0.25) is 0 Å². The number of rotatable bonds is 8. The first kappa shape index (κ1) is 27.7. The van der Waals surface area contributed by atoms with E-state index in [4.69, 9.17) is 14.2 Å². The van der Waals surface area contributed by atoms with Crippen molar-refractivity contribution < 1.29 is 28.6 Å². The van der Waals surface area contributed by atoms with Gasteiger partial charge in [-0.25, -0.2) is 14.8 Å². The summed E-state index contributed by atoms with van der Waals surface area (Å²) in [6.07, 6.45) is -0.482. The largest absolute Gasteiger partial charge is 0.466 e. The Morgan fingerprint density at radius 1 is 1.03 bits per heavy atom. The molecule has 3 aromatic rings. The third kappa shape index (κ3) is 7.38. The Morgan fingerprint density at radius 2 is 1.82 bits per heavy atom. The van der Waals surface area contributed by atoms with E-state index < -0.39 is 17.6 Å². The van der Waals surface area contributed by atoms with Crippen LogP contribution >= 0.6 is 0 Å². The lowest BCUT2D eigenvalue weighted by Crippen LogP contribution is -2.32. The van der Waals surface area contributed by atoms with E-state index in [9.17, 15) is 14.4 Å². The van der Waals surface area contributed by atoms with Gasteiger partial charge in [-0.1, -0.05) is 36.4 Å². The summed E-state index contributed by atoms with van der Waals surface area (Å²) < 4.78 is 16.0. The second kappa shape index (κ2) is 12.0. The van der Waals surface area contributed by atoms with Crippen LogP contribution < -0.4 is 10.6 Å². The molecule has 204 valence electrons. The number of aromatic nitrogens is 2. The molecule has 2 aromatic carbocycles. The molecule has 0 saturated carbocycles. The fraction of sp³-hybridized carbons (Fsp3) is 0.345. The number of benzene rings is 2. The molecule has 0 saturated heterocycles. The van der Waals surface area contributed by atoms with Crippen LogP contribution in [0, 0.1) is 0 Å². The zero-order chi connectivity index (χ0) is 28.0. The minimum absolute atomic E-state index is 0.0162. The summed E-state index contributed by atoms with van der Waals surface area (Å²) in [4.78, 5) is 46.4. The maximum atomic E-state index is 13.3. The average Bonchev–Trinajstić information content (AvgIpc) is 3.36. The lowest BCUT2D eigenvalue weighted by Gasteiger charge is -2.19. The van der Waals surface area contributed by atoms with E-state index in [-0.39, 0.29) is 38.0 Å². The number of anilines is 1. The molecule has 4 rings (SSSR count). The van der Waals surface area contributed by atoms with E-state index >= 15 is 0 Å². The molecular weight excluding hydrogens is 500 g/mol. The predicted molar refractivity (Wildman–Crippen MR) is 144 cm³/mol. The Bertz CT molecular complexity index is 1380. The molecule has 2 heterocycles. The predicted octanol–water partition coefficient (Wildman–Crippen LogP) is 4.56. The van der Waals surface area contributed by atoms with Crippen molar-refractivity contribution >= 4 is 23.7 Å². The summed E-state index contributed by atoms with van der Waals surface area (Å²) in [5.74, 6) is -0.907. The molecule has 0 aliphatic carbocycles. The van der Waals surface area contributed by atoms with E-state index in [1.165, 1.54) is 0 Å². The van der Waals surface area contributed by atoms with Crippen LogP contribution in [-0.2, 0) is 45.2 Å². The summed E-state index contributed by atoms with van der Waals surface area (Å²) >= 11 is 0. The van der Waals surface area contributed by atoms with Crippen LogP contribution in [0.25, 0.3) is 11.3 Å². The summed E-state index contributed by atoms with van der Waals surface area (Å²) in [5, 5.41) is 5.59. The van der Waals surface area contributed by atoms with Gasteiger partial charge in [0.2, 0.25) is 5.82 Å². The Morgan fingerprint density at radius 3 is 2.59 bits per heavy atom. The summed E-state index contributed by atoms with van der Waals surface area (Å²) in [7, 11) is 0. The van der Waals surface area contributed by atoms with Crippen LogP contribution in [0.1, 0.15) is 60.7 Å². The van der Waals surface area contributed by atoms with Gasteiger partial charge in [0.25, 0.3) is 5.91 Å². The summed E-state index contributed by atoms with van der Waals surface area (Å²) in [6.45, 7) is 8.29. The van der Waals surface area contributed by atoms with Crippen LogP contribution in [0.4, 0.5) is 10.5 Å². The first-order chi connectivity index (χ1) is 18.6. The highest BCUT2D eigenvalue weighted by molar-refractivity contribution is 6.02. The van der Waals surface area contributed by atoms with Gasteiger partial charge in [0.05, 0.1) is 37.6 Å². The van der Waals surface area contributed by atoms with Crippen LogP contribution in [-0.4, -0.2) is 40.1 Å². The molecular formula is C29H32N4O6. The summed E-state index contributed by atoms with van der Waals surface area (Å²) in [6, 6.07) is 14.5. The van der Waals surface area contributed by atoms with Crippen molar-refractivity contribution in [2.75, 3.05) is 11.9 Å². The smallest absolute Gasteiger partial charge is 0.407 e. The van der Waals surface area contributed by atoms with Gasteiger partial charge in [-0.05, 0) is 51.0 Å². The molecule has 10 nitrogen and oxygen atoms in total. The number of para-hydroxylation sites is 1. The average molecular weight is 533 g/mol. The van der Waals surface area contributed by atoms with Gasteiger partial charge in [-0.3, -0.25) is 9.59 Å². The highest BCUT2D eigenvalue weighted by Gasteiger charge is 2.24. The number of nitrogens with zero attached hydrogens (tertiary/aromatic N) is 2. The quantitative estimate of drug-likeness (QED) is 0.404. The molecule has 10 heteroatoms. The molecule has 0 atom stereocenters. The highest BCUT2D eigenvalue weighted by atomic mass is 16.6. The second-order valence-corrected chi connectivity index (χ2v) is 9.96. The first-order valence-corrected chi connectivity index (χ1v) is 12.7. The van der Waals surface area contributed by atoms with Crippen molar-refractivity contribution in [1.82, 2.24) is 15.3 Å². The minimum Gasteiger partial charge on any atom is -0.466 e. The number of amides is 2. The Labute approximate surface area is 227 Å². The SMILES string of the molecule is CCOC(=O)Cc1ccccc1NC(=O)c1nc2c(c(-c3cccc(CNC(=O)OC(C)(C)C)c3)n1)COC2. The van der Waals surface area contributed by atoms with Gasteiger partial charge in [-0.2, -0.15) is 0 Å². The summed E-state index contributed by atoms with van der Waals surface area (Å²) in [5.41, 5.74) is 4.15. The molecule has 39 heavy (non-hydrogen) atoms. The van der Waals surface area contributed by atoms with Gasteiger partial charge < -0.3 is 24.8 Å². The lowest BCUT2D eigenvalue weighted by atomic mass is 10.0. The van der Waals surface area contributed by atoms with Crippen molar-refractivity contribution in [3.05, 3.63) is 76.7 Å². The fourth-order valence-corrected chi connectivity index (χ4v) is 4.05. The number of hydrogen-bond acceptors (Lipinski definition) is 8. The first-order valence-electron chi connectivity index (χ1n) is 12.7. The topological polar surface area (TPSA) is 129 Å². The Balaban J connectivity index is 1.57. The van der Waals surface area contributed by atoms with Crippen LogP contribution in [0.5, 0.6) is 0 Å². The van der Waals surface area contributed by atoms with Gasteiger partial charge in [0.1, 0.15) is 5.60 Å². The number of hydrogen-bond donors (Lipinski definition) is 2. The molecule has 0 bridgehead atoms. The van der Waals surface area contributed by atoms with Gasteiger partial charge >= 0.3 is 12.1 Å². The second-order valence-electron chi connectivity index (χ2n) is 9.96. The number of alkyl carbamates (subject to hydrolysis) is 1. The maximum absolute atomic E-state index is 13.3. The number of esters is 1. The molecule has 2 amide bonds. The molecule has 0 fully saturated rings. The van der Waals surface area contributed by atoms with Crippen molar-refractivity contribution in [3.63, 3.8) is 0 Å². The van der Waals surface area contributed by atoms with E-state index in [0.29, 0.717) is 29.2 Å². The van der Waals surface area contributed by atoms with Crippen molar-refractivity contribution in [3.8, 4) is 11.3 Å². The lowest BCUT2D eigenvalue weighted by molar-refractivity contribution is -0.142. The van der Waals surface area contributed by atoms with Gasteiger partial charge in [0.15, 0.2) is 0 Å². The normalized spacial score (nSPS) is 12.4. The Hall–Kier alpha value is -4.31. The third-order valence-electron chi connectivity index (χ3n) is 5.72. The molecule has 1 aliphatic heterocycles. The standard InChI is InChI=1S/C29H32N4O6/c1-5-38-24(34)14-19-10-6-7-12-22(19)32-27(35)26-31-23-17-37-16-21(23)25(33-26)20-11-8-9-18(13-20)15-30-28(36)39-29(2,3)4/h6-13H,5,14-17H2,1-4H3,(H,30,36)(H,32,35). The van der Waals surface area contributed by atoms with E-state index in [0.717, 1.165) is 16.7 Å². The maximum Gasteiger partial charge on any atom is 0.407 e. The van der Waals surface area contributed by atoms with E-state index in [2.05, 4.69) is 20.6 Å².